The molecule has 3 rings (SSSR count). The molecule has 0 unspecified atom stereocenters. The molecule has 2 aromatic carbocycles. The molecule has 0 atom stereocenters. The zero-order chi connectivity index (χ0) is 13.6. The van der Waals surface area contributed by atoms with Crippen molar-refractivity contribution in [3.8, 4) is 11.4 Å². The summed E-state index contributed by atoms with van der Waals surface area (Å²) in [7, 11) is 0. The van der Waals surface area contributed by atoms with Crippen molar-refractivity contribution in [1.29, 1.82) is 0 Å². The summed E-state index contributed by atoms with van der Waals surface area (Å²) in [5.74, 6) is 0.817. The standard InChI is InChI=1S/C14H11ClIN3/c1-7-3-2-4-9(12(7)16)14-18-11-6-8(15)5-10(17)13(11)19-14/h2-6H,17H2,1H3,(H,18,19). The summed E-state index contributed by atoms with van der Waals surface area (Å²) in [4.78, 5) is 7.86. The number of anilines is 1. The predicted molar refractivity (Wildman–Crippen MR) is 88.4 cm³/mol. The second kappa shape index (κ2) is 4.68. The van der Waals surface area contributed by atoms with Crippen LogP contribution in [0.25, 0.3) is 22.4 Å². The van der Waals surface area contributed by atoms with Crippen molar-refractivity contribution in [2.75, 3.05) is 5.73 Å². The number of nitrogens with zero attached hydrogens (tertiary/aromatic N) is 1. The van der Waals surface area contributed by atoms with Gasteiger partial charge >= 0.3 is 0 Å². The molecule has 0 saturated carbocycles. The summed E-state index contributed by atoms with van der Waals surface area (Å²) in [6.07, 6.45) is 0. The van der Waals surface area contributed by atoms with Crippen molar-refractivity contribution in [2.45, 2.75) is 6.92 Å². The average Bonchev–Trinajstić information content (AvgIpc) is 2.76. The molecule has 19 heavy (non-hydrogen) atoms. The van der Waals surface area contributed by atoms with E-state index in [0.717, 1.165) is 22.4 Å². The number of aromatic nitrogens is 2. The van der Waals surface area contributed by atoms with Gasteiger partial charge < -0.3 is 10.7 Å². The van der Waals surface area contributed by atoms with E-state index in [2.05, 4.69) is 45.5 Å². The first-order valence-corrected chi connectivity index (χ1v) is 7.22. The van der Waals surface area contributed by atoms with Crippen molar-refractivity contribution < 1.29 is 0 Å². The Morgan fingerprint density at radius 3 is 2.89 bits per heavy atom. The van der Waals surface area contributed by atoms with Gasteiger partial charge in [0.25, 0.3) is 0 Å². The topological polar surface area (TPSA) is 54.7 Å². The maximum atomic E-state index is 6.01. The Morgan fingerprint density at radius 1 is 1.32 bits per heavy atom. The Morgan fingerprint density at radius 2 is 2.11 bits per heavy atom. The molecule has 0 saturated heterocycles. The molecule has 3 nitrogen and oxygen atoms in total. The van der Waals surface area contributed by atoms with E-state index in [4.69, 9.17) is 17.3 Å². The molecule has 96 valence electrons. The molecular formula is C14H11ClIN3. The number of halogens is 2. The van der Waals surface area contributed by atoms with Crippen molar-refractivity contribution in [3.05, 3.63) is 44.5 Å². The van der Waals surface area contributed by atoms with Gasteiger partial charge in [-0.15, -0.1) is 0 Å². The number of fused-ring (bicyclic) bond motifs is 1. The fraction of sp³-hybridized carbons (Fsp3) is 0.0714. The molecule has 1 aromatic heterocycles. The van der Waals surface area contributed by atoms with Gasteiger partial charge in [0.15, 0.2) is 0 Å². The lowest BCUT2D eigenvalue weighted by Crippen LogP contribution is -1.88. The molecule has 0 fully saturated rings. The van der Waals surface area contributed by atoms with Gasteiger partial charge in [0.2, 0.25) is 0 Å². The van der Waals surface area contributed by atoms with Gasteiger partial charge in [-0.05, 0) is 47.2 Å². The average molecular weight is 384 g/mol. The molecule has 3 N–H and O–H groups in total. The van der Waals surface area contributed by atoms with Gasteiger partial charge in [0.1, 0.15) is 11.3 Å². The van der Waals surface area contributed by atoms with Crippen molar-refractivity contribution in [3.63, 3.8) is 0 Å². The quantitative estimate of drug-likeness (QED) is 0.484. The lowest BCUT2D eigenvalue weighted by molar-refractivity contribution is 1.31. The van der Waals surface area contributed by atoms with Crippen molar-refractivity contribution >= 4 is 50.9 Å². The highest BCUT2D eigenvalue weighted by atomic mass is 127. The van der Waals surface area contributed by atoms with E-state index in [9.17, 15) is 0 Å². The molecule has 0 radical (unpaired) electrons. The van der Waals surface area contributed by atoms with Gasteiger partial charge in [-0.2, -0.15) is 0 Å². The van der Waals surface area contributed by atoms with Crippen LogP contribution < -0.4 is 5.73 Å². The zero-order valence-electron chi connectivity index (χ0n) is 10.2. The number of H-pyrrole nitrogens is 1. The molecule has 0 aliphatic heterocycles. The lowest BCUT2D eigenvalue weighted by Gasteiger charge is -2.03. The fourth-order valence-corrected chi connectivity index (χ4v) is 2.91. The van der Waals surface area contributed by atoms with Crippen LogP contribution in [-0.2, 0) is 0 Å². The van der Waals surface area contributed by atoms with Gasteiger partial charge in [0.05, 0.1) is 11.2 Å². The van der Waals surface area contributed by atoms with Crippen LogP contribution in [0.1, 0.15) is 5.56 Å². The van der Waals surface area contributed by atoms with Gasteiger partial charge in [-0.1, -0.05) is 29.8 Å². The molecule has 0 aliphatic carbocycles. The third-order valence-electron chi connectivity index (χ3n) is 3.03. The van der Waals surface area contributed by atoms with Crippen LogP contribution in [0.15, 0.2) is 30.3 Å². The van der Waals surface area contributed by atoms with Crippen LogP contribution in [0.2, 0.25) is 5.02 Å². The Labute approximate surface area is 129 Å². The van der Waals surface area contributed by atoms with Crippen LogP contribution >= 0.6 is 34.2 Å². The van der Waals surface area contributed by atoms with Crippen molar-refractivity contribution in [1.82, 2.24) is 9.97 Å². The number of hydrogen-bond acceptors (Lipinski definition) is 2. The minimum Gasteiger partial charge on any atom is -0.397 e. The van der Waals surface area contributed by atoms with Crippen LogP contribution in [0.4, 0.5) is 5.69 Å². The van der Waals surface area contributed by atoms with Gasteiger partial charge in [-0.25, -0.2) is 4.98 Å². The Balaban J connectivity index is 2.26. The Hall–Kier alpha value is -1.27. The van der Waals surface area contributed by atoms with E-state index in [1.807, 2.05) is 18.2 Å². The number of aryl methyl sites for hydroxylation is 1. The van der Waals surface area contributed by atoms with Gasteiger partial charge in [0, 0.05) is 14.2 Å². The van der Waals surface area contributed by atoms with E-state index in [1.54, 1.807) is 6.07 Å². The highest BCUT2D eigenvalue weighted by Crippen LogP contribution is 2.30. The van der Waals surface area contributed by atoms with E-state index >= 15 is 0 Å². The van der Waals surface area contributed by atoms with E-state index in [1.165, 1.54) is 9.13 Å². The zero-order valence-corrected chi connectivity index (χ0v) is 13.1. The number of aromatic amines is 1. The van der Waals surface area contributed by atoms with Crippen LogP contribution in [0.5, 0.6) is 0 Å². The first-order valence-electron chi connectivity index (χ1n) is 5.76. The number of nitrogens with one attached hydrogen (secondary N) is 1. The smallest absolute Gasteiger partial charge is 0.139 e. The molecule has 0 bridgehead atoms. The lowest BCUT2D eigenvalue weighted by atomic mass is 10.1. The summed E-state index contributed by atoms with van der Waals surface area (Å²) in [5.41, 5.74) is 10.5. The van der Waals surface area contributed by atoms with E-state index in [-0.39, 0.29) is 0 Å². The maximum Gasteiger partial charge on any atom is 0.139 e. The summed E-state index contributed by atoms with van der Waals surface area (Å²) >= 11 is 8.34. The van der Waals surface area contributed by atoms with Crippen LogP contribution in [0, 0.1) is 10.5 Å². The number of imidazole rings is 1. The third-order valence-corrected chi connectivity index (χ3v) is 4.68. The molecule has 3 aromatic rings. The molecular weight excluding hydrogens is 373 g/mol. The summed E-state index contributed by atoms with van der Waals surface area (Å²) in [5, 5.41) is 0.610. The SMILES string of the molecule is Cc1cccc(-c2nc3c(N)cc(Cl)cc3[nH]2)c1I. The molecule has 0 spiro atoms. The molecule has 0 aliphatic rings. The number of hydrogen-bond donors (Lipinski definition) is 2. The maximum absolute atomic E-state index is 6.01. The normalized spacial score (nSPS) is 11.1. The minimum absolute atomic E-state index is 0.590. The second-order valence-corrected chi connectivity index (χ2v) is 5.93. The largest absolute Gasteiger partial charge is 0.397 e. The summed E-state index contributed by atoms with van der Waals surface area (Å²) in [6, 6.07) is 9.71. The van der Waals surface area contributed by atoms with Gasteiger partial charge in [-0.3, -0.25) is 0 Å². The molecule has 5 heteroatoms. The molecule has 1 heterocycles. The van der Waals surface area contributed by atoms with E-state index < -0.39 is 0 Å². The first kappa shape index (κ1) is 12.7. The van der Waals surface area contributed by atoms with E-state index in [0.29, 0.717) is 10.7 Å². The highest BCUT2D eigenvalue weighted by molar-refractivity contribution is 14.1. The first-order chi connectivity index (χ1) is 9.06. The van der Waals surface area contributed by atoms with Crippen LogP contribution in [0.3, 0.4) is 0 Å². The van der Waals surface area contributed by atoms with Crippen LogP contribution in [-0.4, -0.2) is 9.97 Å². The number of nitrogens with two attached hydrogens (primary N) is 1. The minimum atomic E-state index is 0.590. The number of benzene rings is 2. The monoisotopic (exact) mass is 383 g/mol. The fourth-order valence-electron chi connectivity index (χ4n) is 2.07. The third kappa shape index (κ3) is 2.19. The molecule has 0 amide bonds. The van der Waals surface area contributed by atoms with Crippen molar-refractivity contribution in [2.24, 2.45) is 0 Å². The Bertz CT molecular complexity index is 780. The second-order valence-electron chi connectivity index (χ2n) is 4.41. The number of rotatable bonds is 1. The summed E-state index contributed by atoms with van der Waals surface area (Å²) in [6.45, 7) is 2.08. The summed E-state index contributed by atoms with van der Waals surface area (Å²) < 4.78 is 1.18. The number of nitrogen functional groups attached to an aromatic ring is 1. The highest BCUT2D eigenvalue weighted by Gasteiger charge is 2.12. The predicted octanol–water partition coefficient (Wildman–Crippen LogP) is 4.38. The Kier molecular flexibility index (Phi) is 3.14.